The third-order valence-electron chi connectivity index (χ3n) is 4.26. The molecule has 0 radical (unpaired) electrons. The molecule has 102 valence electrons. The first kappa shape index (κ1) is 13.0. The number of ether oxygens (including phenoxy) is 1. The van der Waals surface area contributed by atoms with E-state index in [1.165, 1.54) is 5.56 Å². The highest BCUT2D eigenvalue weighted by Gasteiger charge is 2.48. The molecule has 19 heavy (non-hydrogen) atoms. The maximum absolute atomic E-state index is 12.6. The van der Waals surface area contributed by atoms with Crippen LogP contribution in [0.2, 0.25) is 0 Å². The number of rotatable bonds is 2. The summed E-state index contributed by atoms with van der Waals surface area (Å²) >= 11 is 3.61. The highest BCUT2D eigenvalue weighted by Crippen LogP contribution is 2.48. The summed E-state index contributed by atoms with van der Waals surface area (Å²) in [6.07, 6.45) is 4.05. The van der Waals surface area contributed by atoms with E-state index in [4.69, 9.17) is 4.74 Å². The van der Waals surface area contributed by atoms with Crippen LogP contribution in [0.3, 0.4) is 0 Å². The molecule has 1 aromatic rings. The SMILES string of the molecule is COc1ccc2c(c1Br)CCCN2C(=O)C1(C)CC1. The van der Waals surface area contributed by atoms with Crippen LogP contribution in [0.15, 0.2) is 16.6 Å². The summed E-state index contributed by atoms with van der Waals surface area (Å²) in [6, 6.07) is 3.95. The van der Waals surface area contributed by atoms with Crippen LogP contribution >= 0.6 is 15.9 Å². The number of anilines is 1. The summed E-state index contributed by atoms with van der Waals surface area (Å²) in [6.45, 7) is 2.91. The van der Waals surface area contributed by atoms with Crippen LogP contribution in [-0.2, 0) is 11.2 Å². The Morgan fingerprint density at radius 1 is 1.42 bits per heavy atom. The second kappa shape index (κ2) is 4.51. The van der Waals surface area contributed by atoms with Crippen molar-refractivity contribution >= 4 is 27.5 Å². The number of benzene rings is 1. The Morgan fingerprint density at radius 3 is 2.79 bits per heavy atom. The molecule has 3 rings (SSSR count). The molecule has 1 heterocycles. The van der Waals surface area contributed by atoms with Crippen LogP contribution in [0.5, 0.6) is 5.75 Å². The van der Waals surface area contributed by atoms with Gasteiger partial charge in [-0.05, 0) is 59.3 Å². The van der Waals surface area contributed by atoms with E-state index >= 15 is 0 Å². The average Bonchev–Trinajstić information content (AvgIpc) is 3.17. The summed E-state index contributed by atoms with van der Waals surface area (Å²) in [4.78, 5) is 14.6. The quantitative estimate of drug-likeness (QED) is 0.833. The number of methoxy groups -OCH3 is 1. The van der Waals surface area contributed by atoms with Crippen molar-refractivity contribution in [3.8, 4) is 5.75 Å². The largest absolute Gasteiger partial charge is 0.496 e. The topological polar surface area (TPSA) is 29.5 Å². The Labute approximate surface area is 122 Å². The number of carbonyl (C=O) groups excluding carboxylic acids is 1. The number of nitrogens with zero attached hydrogens (tertiary/aromatic N) is 1. The third-order valence-corrected chi connectivity index (χ3v) is 5.13. The Balaban J connectivity index is 2.01. The maximum Gasteiger partial charge on any atom is 0.232 e. The summed E-state index contributed by atoms with van der Waals surface area (Å²) in [5, 5.41) is 0. The van der Waals surface area contributed by atoms with Crippen molar-refractivity contribution in [2.45, 2.75) is 32.6 Å². The number of hydrogen-bond acceptors (Lipinski definition) is 2. The maximum atomic E-state index is 12.6. The summed E-state index contributed by atoms with van der Waals surface area (Å²) in [5.41, 5.74) is 2.14. The van der Waals surface area contributed by atoms with Gasteiger partial charge in [0.25, 0.3) is 0 Å². The van der Waals surface area contributed by atoms with E-state index in [-0.39, 0.29) is 11.3 Å². The Kier molecular flexibility index (Phi) is 3.08. The van der Waals surface area contributed by atoms with Crippen molar-refractivity contribution in [3.05, 3.63) is 22.2 Å². The molecule has 2 aliphatic rings. The summed E-state index contributed by atoms with van der Waals surface area (Å²) in [5.74, 6) is 1.12. The second-order valence-electron chi connectivity index (χ2n) is 5.70. The van der Waals surface area contributed by atoms with Crippen LogP contribution in [0.4, 0.5) is 5.69 Å². The van der Waals surface area contributed by atoms with Gasteiger partial charge in [0.2, 0.25) is 5.91 Å². The van der Waals surface area contributed by atoms with Gasteiger partial charge in [-0.1, -0.05) is 6.92 Å². The molecule has 1 aromatic carbocycles. The standard InChI is InChI=1S/C15H18BrNO2/c1-15(7-8-15)14(18)17-9-3-4-10-11(17)5-6-12(19-2)13(10)16/h5-6H,3-4,7-9H2,1-2H3. The van der Waals surface area contributed by atoms with E-state index in [2.05, 4.69) is 22.9 Å². The molecule has 0 atom stereocenters. The van der Waals surface area contributed by atoms with Gasteiger partial charge >= 0.3 is 0 Å². The van der Waals surface area contributed by atoms with Crippen molar-refractivity contribution in [2.75, 3.05) is 18.6 Å². The first-order valence-corrected chi connectivity index (χ1v) is 7.53. The van der Waals surface area contributed by atoms with Gasteiger partial charge < -0.3 is 9.64 Å². The van der Waals surface area contributed by atoms with Gasteiger partial charge in [0.05, 0.1) is 11.6 Å². The molecule has 0 bridgehead atoms. The minimum atomic E-state index is -0.110. The molecule has 1 amide bonds. The first-order chi connectivity index (χ1) is 9.07. The van der Waals surface area contributed by atoms with E-state index in [0.29, 0.717) is 0 Å². The molecule has 0 aromatic heterocycles. The minimum absolute atomic E-state index is 0.110. The van der Waals surface area contributed by atoms with Gasteiger partial charge in [-0.25, -0.2) is 0 Å². The molecule has 0 N–H and O–H groups in total. The van der Waals surface area contributed by atoms with Crippen molar-refractivity contribution in [2.24, 2.45) is 5.41 Å². The van der Waals surface area contributed by atoms with E-state index in [1.54, 1.807) is 7.11 Å². The van der Waals surface area contributed by atoms with Gasteiger partial charge in [-0.15, -0.1) is 0 Å². The van der Waals surface area contributed by atoms with Crippen molar-refractivity contribution in [1.82, 2.24) is 0 Å². The van der Waals surface area contributed by atoms with Crippen LogP contribution in [0, 0.1) is 5.41 Å². The predicted molar refractivity (Wildman–Crippen MR) is 78.7 cm³/mol. The van der Waals surface area contributed by atoms with Crippen molar-refractivity contribution in [3.63, 3.8) is 0 Å². The third kappa shape index (κ3) is 2.06. The summed E-state index contributed by atoms with van der Waals surface area (Å²) < 4.78 is 6.33. The molecule has 0 unspecified atom stereocenters. The van der Waals surface area contributed by atoms with E-state index in [0.717, 1.165) is 48.1 Å². The monoisotopic (exact) mass is 323 g/mol. The predicted octanol–water partition coefficient (Wildman–Crippen LogP) is 3.54. The number of amides is 1. The molecule has 1 aliphatic carbocycles. The fourth-order valence-electron chi connectivity index (χ4n) is 2.71. The van der Waals surface area contributed by atoms with Crippen LogP contribution in [-0.4, -0.2) is 19.6 Å². The molecule has 1 aliphatic heterocycles. The zero-order valence-electron chi connectivity index (χ0n) is 11.3. The van der Waals surface area contributed by atoms with E-state index < -0.39 is 0 Å². The highest BCUT2D eigenvalue weighted by molar-refractivity contribution is 9.10. The zero-order chi connectivity index (χ0) is 13.6. The minimum Gasteiger partial charge on any atom is -0.496 e. The fraction of sp³-hybridized carbons (Fsp3) is 0.533. The molecule has 0 spiro atoms. The van der Waals surface area contributed by atoms with Crippen LogP contribution in [0.1, 0.15) is 31.7 Å². The summed E-state index contributed by atoms with van der Waals surface area (Å²) in [7, 11) is 1.67. The number of carbonyl (C=O) groups is 1. The van der Waals surface area contributed by atoms with E-state index in [9.17, 15) is 4.79 Å². The fourth-order valence-corrected chi connectivity index (χ4v) is 3.41. The Bertz CT molecular complexity index is 537. The normalized spacial score (nSPS) is 19.8. The lowest BCUT2D eigenvalue weighted by Crippen LogP contribution is -2.39. The number of hydrogen-bond donors (Lipinski definition) is 0. The Morgan fingerprint density at radius 2 is 2.16 bits per heavy atom. The van der Waals surface area contributed by atoms with Gasteiger partial charge in [-0.2, -0.15) is 0 Å². The second-order valence-corrected chi connectivity index (χ2v) is 6.49. The smallest absolute Gasteiger partial charge is 0.232 e. The van der Waals surface area contributed by atoms with Gasteiger partial charge in [0.1, 0.15) is 5.75 Å². The van der Waals surface area contributed by atoms with Crippen molar-refractivity contribution in [1.29, 1.82) is 0 Å². The highest BCUT2D eigenvalue weighted by atomic mass is 79.9. The average molecular weight is 324 g/mol. The van der Waals surface area contributed by atoms with Gasteiger partial charge in [-0.3, -0.25) is 4.79 Å². The molecule has 4 heteroatoms. The molecular formula is C15H18BrNO2. The lowest BCUT2D eigenvalue weighted by atomic mass is 9.98. The lowest BCUT2D eigenvalue weighted by molar-refractivity contribution is -0.123. The Hall–Kier alpha value is -1.03. The molecular weight excluding hydrogens is 306 g/mol. The van der Waals surface area contributed by atoms with E-state index in [1.807, 2.05) is 17.0 Å². The number of halogens is 1. The van der Waals surface area contributed by atoms with Crippen LogP contribution in [0.25, 0.3) is 0 Å². The van der Waals surface area contributed by atoms with Gasteiger partial charge in [0, 0.05) is 17.6 Å². The van der Waals surface area contributed by atoms with Gasteiger partial charge in [0.15, 0.2) is 0 Å². The lowest BCUT2D eigenvalue weighted by Gasteiger charge is -2.32. The molecule has 1 saturated carbocycles. The number of fused-ring (bicyclic) bond motifs is 1. The zero-order valence-corrected chi connectivity index (χ0v) is 12.9. The molecule has 3 nitrogen and oxygen atoms in total. The molecule has 1 fully saturated rings. The van der Waals surface area contributed by atoms with Crippen molar-refractivity contribution < 1.29 is 9.53 Å². The first-order valence-electron chi connectivity index (χ1n) is 6.74. The van der Waals surface area contributed by atoms with Crippen LogP contribution < -0.4 is 9.64 Å². The molecule has 0 saturated heterocycles.